The lowest BCUT2D eigenvalue weighted by molar-refractivity contribution is 0.612. The summed E-state index contributed by atoms with van der Waals surface area (Å²) in [5.41, 5.74) is 3.24. The molecule has 0 spiro atoms. The van der Waals surface area contributed by atoms with Crippen molar-refractivity contribution < 1.29 is 0 Å². The van der Waals surface area contributed by atoms with Crippen LogP contribution in [0.2, 0.25) is 0 Å². The molecule has 4 aromatic rings. The van der Waals surface area contributed by atoms with Crippen LogP contribution in [0.1, 0.15) is 31.0 Å². The van der Waals surface area contributed by atoms with Crippen LogP contribution >= 0.6 is 0 Å². The molecule has 0 aliphatic carbocycles. The predicted molar refractivity (Wildman–Crippen MR) is 103 cm³/mol. The van der Waals surface area contributed by atoms with Crippen LogP contribution in [-0.4, -0.2) is 19.6 Å². The first kappa shape index (κ1) is 16.3. The summed E-state index contributed by atoms with van der Waals surface area (Å²) in [6.07, 6.45) is 1.75. The van der Waals surface area contributed by atoms with E-state index in [4.69, 9.17) is 0 Å². The maximum atomic E-state index is 13.2. The molecule has 0 atom stereocenters. The lowest BCUT2D eigenvalue weighted by Gasteiger charge is -2.12. The molecule has 2 aromatic carbocycles. The second-order valence-electron chi connectivity index (χ2n) is 6.64. The first-order chi connectivity index (χ1) is 12.6. The summed E-state index contributed by atoms with van der Waals surface area (Å²) in [7, 11) is 0. The zero-order chi connectivity index (χ0) is 18.1. The Balaban J connectivity index is 1.96. The highest BCUT2D eigenvalue weighted by atomic mass is 16.1. The van der Waals surface area contributed by atoms with Gasteiger partial charge in [-0.2, -0.15) is 10.2 Å². The van der Waals surface area contributed by atoms with Gasteiger partial charge in [0, 0.05) is 5.39 Å². The maximum Gasteiger partial charge on any atom is 0.293 e. The molecule has 0 amide bonds. The number of benzene rings is 2. The summed E-state index contributed by atoms with van der Waals surface area (Å²) in [6, 6.07) is 19.6. The van der Waals surface area contributed by atoms with Gasteiger partial charge < -0.3 is 0 Å². The molecule has 26 heavy (non-hydrogen) atoms. The molecule has 0 unspecified atom stereocenters. The third-order valence-corrected chi connectivity index (χ3v) is 4.43. The second-order valence-corrected chi connectivity index (χ2v) is 6.64. The van der Waals surface area contributed by atoms with Crippen LogP contribution in [0.5, 0.6) is 0 Å². The molecule has 2 aromatic heterocycles. The van der Waals surface area contributed by atoms with Gasteiger partial charge in [-0.1, -0.05) is 62.4 Å². The fraction of sp³-hybridized carbons (Fsp3) is 0.190. The quantitative estimate of drug-likeness (QED) is 0.566. The van der Waals surface area contributed by atoms with Crippen LogP contribution in [0, 0.1) is 0 Å². The molecule has 0 aliphatic heterocycles. The molecule has 5 heteroatoms. The van der Waals surface area contributed by atoms with Crippen molar-refractivity contribution >= 4 is 10.9 Å². The van der Waals surface area contributed by atoms with Gasteiger partial charge in [0.2, 0.25) is 0 Å². The molecule has 0 fully saturated rings. The molecule has 0 saturated heterocycles. The number of aromatic nitrogens is 4. The van der Waals surface area contributed by atoms with Crippen molar-refractivity contribution in [1.29, 1.82) is 0 Å². The van der Waals surface area contributed by atoms with Gasteiger partial charge in [0.15, 0.2) is 0 Å². The SMILES string of the molecule is CC(C)c1nn(Cc2ccccc2)c(=O)c2c1cnn2-c1ccccc1. The van der Waals surface area contributed by atoms with E-state index in [1.165, 1.54) is 0 Å². The summed E-state index contributed by atoms with van der Waals surface area (Å²) in [5.74, 6) is 0.188. The highest BCUT2D eigenvalue weighted by Gasteiger charge is 2.18. The third-order valence-electron chi connectivity index (χ3n) is 4.43. The van der Waals surface area contributed by atoms with E-state index in [0.717, 1.165) is 22.3 Å². The van der Waals surface area contributed by atoms with Crippen molar-refractivity contribution in [2.75, 3.05) is 0 Å². The third kappa shape index (κ3) is 2.81. The molecule has 4 rings (SSSR count). The average Bonchev–Trinajstić information content (AvgIpc) is 3.11. The van der Waals surface area contributed by atoms with Gasteiger partial charge in [0.25, 0.3) is 5.56 Å². The van der Waals surface area contributed by atoms with Gasteiger partial charge in [-0.25, -0.2) is 9.36 Å². The Morgan fingerprint density at radius 2 is 1.62 bits per heavy atom. The van der Waals surface area contributed by atoms with Gasteiger partial charge in [-0.3, -0.25) is 4.79 Å². The maximum absolute atomic E-state index is 13.2. The first-order valence-corrected chi connectivity index (χ1v) is 8.73. The fourth-order valence-electron chi connectivity index (χ4n) is 3.15. The van der Waals surface area contributed by atoms with Crippen molar-refractivity contribution in [3.63, 3.8) is 0 Å². The van der Waals surface area contributed by atoms with E-state index in [9.17, 15) is 4.79 Å². The minimum Gasteiger partial charge on any atom is -0.265 e. The normalized spacial score (nSPS) is 11.3. The van der Waals surface area contributed by atoms with Crippen LogP contribution in [-0.2, 0) is 6.54 Å². The largest absolute Gasteiger partial charge is 0.293 e. The first-order valence-electron chi connectivity index (χ1n) is 8.73. The second kappa shape index (κ2) is 6.59. The van der Waals surface area contributed by atoms with E-state index in [-0.39, 0.29) is 11.5 Å². The Bertz CT molecular complexity index is 1100. The standard InChI is InChI=1S/C21H20N4O/c1-15(2)19-18-13-22-25(17-11-7-4-8-12-17)20(18)21(26)24(23-19)14-16-9-5-3-6-10-16/h3-13,15H,14H2,1-2H3. The van der Waals surface area contributed by atoms with E-state index >= 15 is 0 Å². The van der Waals surface area contributed by atoms with Crippen molar-refractivity contribution in [2.45, 2.75) is 26.3 Å². The summed E-state index contributed by atoms with van der Waals surface area (Å²) < 4.78 is 3.26. The Morgan fingerprint density at radius 1 is 0.962 bits per heavy atom. The minimum absolute atomic E-state index is 0.130. The highest BCUT2D eigenvalue weighted by Crippen LogP contribution is 2.23. The number of nitrogens with zero attached hydrogens (tertiary/aromatic N) is 4. The monoisotopic (exact) mass is 344 g/mol. The van der Waals surface area contributed by atoms with Gasteiger partial charge in [0.1, 0.15) is 5.52 Å². The Labute approximate surface area is 151 Å². The number of hydrogen-bond acceptors (Lipinski definition) is 3. The molecule has 5 nitrogen and oxygen atoms in total. The Kier molecular flexibility index (Phi) is 4.13. The van der Waals surface area contributed by atoms with Gasteiger partial charge in [0.05, 0.1) is 24.1 Å². The Hall–Kier alpha value is -3.21. The topological polar surface area (TPSA) is 52.7 Å². The van der Waals surface area contributed by atoms with Crippen LogP contribution in [0.3, 0.4) is 0 Å². The van der Waals surface area contributed by atoms with Crippen LogP contribution in [0.15, 0.2) is 71.7 Å². The van der Waals surface area contributed by atoms with Gasteiger partial charge in [-0.15, -0.1) is 0 Å². The molecule has 130 valence electrons. The molecule has 0 radical (unpaired) electrons. The molecule has 0 bridgehead atoms. The van der Waals surface area contributed by atoms with E-state index in [0.29, 0.717) is 12.1 Å². The van der Waals surface area contributed by atoms with Crippen molar-refractivity contribution in [3.05, 3.63) is 88.5 Å². The van der Waals surface area contributed by atoms with E-state index < -0.39 is 0 Å². The number of fused-ring (bicyclic) bond motifs is 1. The smallest absolute Gasteiger partial charge is 0.265 e. The summed E-state index contributed by atoms with van der Waals surface area (Å²) in [4.78, 5) is 13.2. The number of hydrogen-bond donors (Lipinski definition) is 0. The van der Waals surface area contributed by atoms with E-state index in [1.54, 1.807) is 15.6 Å². The lowest BCUT2D eigenvalue weighted by atomic mass is 10.1. The number of rotatable bonds is 4. The van der Waals surface area contributed by atoms with Crippen LogP contribution in [0.25, 0.3) is 16.6 Å². The van der Waals surface area contributed by atoms with Crippen LogP contribution < -0.4 is 5.56 Å². The summed E-state index contributed by atoms with van der Waals surface area (Å²) in [6.45, 7) is 4.60. The molecule has 0 aliphatic rings. The van der Waals surface area contributed by atoms with Gasteiger partial charge >= 0.3 is 0 Å². The van der Waals surface area contributed by atoms with Crippen molar-refractivity contribution in [1.82, 2.24) is 19.6 Å². The molecular formula is C21H20N4O. The summed E-state index contributed by atoms with van der Waals surface area (Å²) >= 11 is 0. The zero-order valence-corrected chi connectivity index (χ0v) is 14.8. The zero-order valence-electron chi connectivity index (χ0n) is 14.8. The van der Waals surface area contributed by atoms with Crippen LogP contribution in [0.4, 0.5) is 0 Å². The highest BCUT2D eigenvalue weighted by molar-refractivity contribution is 5.82. The lowest BCUT2D eigenvalue weighted by Crippen LogP contribution is -2.27. The van der Waals surface area contributed by atoms with Crippen molar-refractivity contribution in [2.24, 2.45) is 0 Å². The number of para-hydroxylation sites is 1. The van der Waals surface area contributed by atoms with E-state index in [2.05, 4.69) is 24.0 Å². The van der Waals surface area contributed by atoms with Crippen molar-refractivity contribution in [3.8, 4) is 5.69 Å². The summed E-state index contributed by atoms with van der Waals surface area (Å²) in [5, 5.41) is 9.95. The molecule has 0 N–H and O–H groups in total. The molecular weight excluding hydrogens is 324 g/mol. The minimum atomic E-state index is -0.130. The predicted octanol–water partition coefficient (Wildman–Crippen LogP) is 3.75. The molecule has 2 heterocycles. The molecule has 0 saturated carbocycles. The van der Waals surface area contributed by atoms with E-state index in [1.807, 2.05) is 60.7 Å². The van der Waals surface area contributed by atoms with Gasteiger partial charge in [-0.05, 0) is 23.6 Å². The fourth-order valence-corrected chi connectivity index (χ4v) is 3.15. The average molecular weight is 344 g/mol. The Morgan fingerprint density at radius 3 is 2.27 bits per heavy atom.